The van der Waals surface area contributed by atoms with Crippen LogP contribution in [0.15, 0.2) is 36.7 Å². The number of ether oxygens (including phenoxy) is 1. The third-order valence-corrected chi connectivity index (χ3v) is 3.35. The predicted octanol–water partition coefficient (Wildman–Crippen LogP) is 1.11. The monoisotopic (exact) mass is 312 g/mol. The van der Waals surface area contributed by atoms with Crippen molar-refractivity contribution in [3.8, 4) is 5.75 Å². The van der Waals surface area contributed by atoms with E-state index in [0.717, 1.165) is 23.3 Å². The minimum atomic E-state index is -0.330. The molecule has 0 saturated carbocycles. The summed E-state index contributed by atoms with van der Waals surface area (Å²) < 4.78 is 5.43. The van der Waals surface area contributed by atoms with E-state index >= 15 is 0 Å². The summed E-state index contributed by atoms with van der Waals surface area (Å²) in [6.07, 6.45) is 7.04. The first kappa shape index (κ1) is 14.8. The Hall–Kier alpha value is -3.09. The van der Waals surface area contributed by atoms with E-state index in [-0.39, 0.29) is 18.4 Å². The van der Waals surface area contributed by atoms with Gasteiger partial charge in [-0.1, -0.05) is 6.07 Å². The average molecular weight is 312 g/mol. The van der Waals surface area contributed by atoms with Gasteiger partial charge in [-0.2, -0.15) is 5.10 Å². The Morgan fingerprint density at radius 3 is 3.13 bits per heavy atom. The lowest BCUT2D eigenvalue weighted by Crippen LogP contribution is -2.31. The van der Waals surface area contributed by atoms with E-state index in [4.69, 9.17) is 4.74 Å². The van der Waals surface area contributed by atoms with Gasteiger partial charge in [0.1, 0.15) is 5.75 Å². The van der Waals surface area contributed by atoms with Gasteiger partial charge in [0.05, 0.1) is 25.0 Å². The van der Waals surface area contributed by atoms with Gasteiger partial charge in [-0.3, -0.25) is 14.7 Å². The Morgan fingerprint density at radius 2 is 2.30 bits per heavy atom. The SMILES string of the molecule is O=C(/C=C\c1ccc2c(c1)CCO2)NCC(=O)Nc1cn[nH]c1. The number of fused-ring (bicyclic) bond motifs is 1. The van der Waals surface area contributed by atoms with Crippen molar-refractivity contribution in [2.45, 2.75) is 6.42 Å². The highest BCUT2D eigenvalue weighted by Crippen LogP contribution is 2.26. The molecule has 2 amide bonds. The first-order chi connectivity index (χ1) is 11.2. The van der Waals surface area contributed by atoms with Gasteiger partial charge >= 0.3 is 0 Å². The standard InChI is InChI=1S/C16H16N4O3/c21-15(17-10-16(22)20-13-8-18-19-9-13)4-2-11-1-3-14-12(7-11)5-6-23-14/h1-4,7-9H,5-6,10H2,(H,17,21)(H,18,19)(H,20,22)/b4-2-. The molecule has 3 rings (SSSR count). The molecule has 2 aromatic rings. The molecule has 0 fully saturated rings. The summed E-state index contributed by atoms with van der Waals surface area (Å²) in [5.41, 5.74) is 2.62. The molecule has 1 aromatic heterocycles. The van der Waals surface area contributed by atoms with Crippen LogP contribution in [0, 0.1) is 0 Å². The molecule has 0 unspecified atom stereocenters. The number of aromatic amines is 1. The van der Waals surface area contributed by atoms with Crippen LogP contribution >= 0.6 is 0 Å². The van der Waals surface area contributed by atoms with Crippen LogP contribution in [0.25, 0.3) is 6.08 Å². The molecule has 2 heterocycles. The van der Waals surface area contributed by atoms with Crippen molar-refractivity contribution >= 4 is 23.6 Å². The Morgan fingerprint density at radius 1 is 1.39 bits per heavy atom. The zero-order valence-corrected chi connectivity index (χ0v) is 12.3. The second kappa shape index (κ2) is 6.78. The number of nitrogens with one attached hydrogen (secondary N) is 3. The third-order valence-electron chi connectivity index (χ3n) is 3.35. The summed E-state index contributed by atoms with van der Waals surface area (Å²) in [6.45, 7) is 0.598. The minimum Gasteiger partial charge on any atom is -0.493 e. The average Bonchev–Trinajstić information content (AvgIpc) is 3.21. The van der Waals surface area contributed by atoms with Gasteiger partial charge in [0, 0.05) is 18.7 Å². The van der Waals surface area contributed by atoms with E-state index in [1.54, 1.807) is 12.3 Å². The molecule has 3 N–H and O–H groups in total. The van der Waals surface area contributed by atoms with Crippen LogP contribution in [-0.4, -0.2) is 35.2 Å². The van der Waals surface area contributed by atoms with Gasteiger partial charge in [0.15, 0.2) is 0 Å². The van der Waals surface area contributed by atoms with E-state index in [1.807, 2.05) is 18.2 Å². The fourth-order valence-corrected chi connectivity index (χ4v) is 2.23. The fourth-order valence-electron chi connectivity index (χ4n) is 2.23. The van der Waals surface area contributed by atoms with Gasteiger partial charge in [0.25, 0.3) is 0 Å². The molecule has 118 valence electrons. The largest absolute Gasteiger partial charge is 0.493 e. The number of hydrogen-bond donors (Lipinski definition) is 3. The molecular weight excluding hydrogens is 296 g/mol. The van der Waals surface area contributed by atoms with Crippen LogP contribution in [0.1, 0.15) is 11.1 Å². The number of aromatic nitrogens is 2. The Kier molecular flexibility index (Phi) is 4.37. The van der Waals surface area contributed by atoms with Crippen molar-refractivity contribution in [3.63, 3.8) is 0 Å². The first-order valence-corrected chi connectivity index (χ1v) is 7.21. The minimum absolute atomic E-state index is 0.105. The second-order valence-electron chi connectivity index (χ2n) is 5.05. The molecule has 23 heavy (non-hydrogen) atoms. The Labute approximate surface area is 132 Å². The highest BCUT2D eigenvalue weighted by atomic mass is 16.5. The molecule has 0 radical (unpaired) electrons. The van der Waals surface area contributed by atoms with E-state index in [9.17, 15) is 9.59 Å². The lowest BCUT2D eigenvalue weighted by atomic mass is 10.1. The molecule has 1 aliphatic heterocycles. The topological polar surface area (TPSA) is 96.1 Å². The van der Waals surface area contributed by atoms with Crippen LogP contribution in [0.3, 0.4) is 0 Å². The number of nitrogens with zero attached hydrogens (tertiary/aromatic N) is 1. The van der Waals surface area contributed by atoms with E-state index in [0.29, 0.717) is 12.3 Å². The highest BCUT2D eigenvalue weighted by Gasteiger charge is 2.11. The molecule has 0 bridgehead atoms. The molecule has 1 aromatic carbocycles. The Balaban J connectivity index is 1.48. The number of carbonyl (C=O) groups excluding carboxylic acids is 2. The van der Waals surface area contributed by atoms with Crippen LogP contribution in [-0.2, 0) is 16.0 Å². The summed E-state index contributed by atoms with van der Waals surface area (Å²) in [7, 11) is 0. The van der Waals surface area contributed by atoms with Crippen molar-refractivity contribution in [2.24, 2.45) is 0 Å². The zero-order chi connectivity index (χ0) is 16.1. The lowest BCUT2D eigenvalue weighted by molar-refractivity contribution is -0.121. The second-order valence-corrected chi connectivity index (χ2v) is 5.05. The Bertz CT molecular complexity index is 738. The normalized spacial score (nSPS) is 12.7. The number of H-pyrrole nitrogens is 1. The smallest absolute Gasteiger partial charge is 0.244 e. The maximum atomic E-state index is 11.7. The maximum absolute atomic E-state index is 11.7. The zero-order valence-electron chi connectivity index (χ0n) is 12.3. The molecular formula is C16H16N4O3. The quantitative estimate of drug-likeness (QED) is 0.721. The van der Waals surface area contributed by atoms with Crippen molar-refractivity contribution in [3.05, 3.63) is 47.8 Å². The van der Waals surface area contributed by atoms with E-state index in [2.05, 4.69) is 20.8 Å². The van der Waals surface area contributed by atoms with Crippen LogP contribution in [0.4, 0.5) is 5.69 Å². The number of amides is 2. The predicted molar refractivity (Wildman–Crippen MR) is 84.9 cm³/mol. The number of anilines is 1. The molecule has 0 atom stereocenters. The summed E-state index contributed by atoms with van der Waals surface area (Å²) in [4.78, 5) is 23.3. The van der Waals surface area contributed by atoms with Crippen LogP contribution < -0.4 is 15.4 Å². The van der Waals surface area contributed by atoms with Crippen molar-refractivity contribution in [1.29, 1.82) is 0 Å². The number of benzene rings is 1. The van der Waals surface area contributed by atoms with E-state index in [1.165, 1.54) is 12.3 Å². The summed E-state index contributed by atoms with van der Waals surface area (Å²) >= 11 is 0. The summed E-state index contributed by atoms with van der Waals surface area (Å²) in [5.74, 6) is 0.259. The first-order valence-electron chi connectivity index (χ1n) is 7.21. The summed E-state index contributed by atoms with van der Waals surface area (Å²) in [6, 6.07) is 5.79. The fraction of sp³-hybridized carbons (Fsp3) is 0.188. The molecule has 0 aliphatic carbocycles. The molecule has 1 aliphatic rings. The number of hydrogen-bond acceptors (Lipinski definition) is 4. The van der Waals surface area contributed by atoms with E-state index < -0.39 is 0 Å². The third kappa shape index (κ3) is 3.97. The molecule has 0 spiro atoms. The van der Waals surface area contributed by atoms with Gasteiger partial charge in [-0.15, -0.1) is 0 Å². The number of rotatable bonds is 5. The van der Waals surface area contributed by atoms with Gasteiger partial charge < -0.3 is 15.4 Å². The maximum Gasteiger partial charge on any atom is 0.244 e. The van der Waals surface area contributed by atoms with Crippen molar-refractivity contribution < 1.29 is 14.3 Å². The van der Waals surface area contributed by atoms with Gasteiger partial charge in [-0.05, 0) is 29.3 Å². The van der Waals surface area contributed by atoms with Crippen molar-refractivity contribution in [1.82, 2.24) is 15.5 Å². The van der Waals surface area contributed by atoms with Gasteiger partial charge in [0.2, 0.25) is 11.8 Å². The van der Waals surface area contributed by atoms with Crippen molar-refractivity contribution in [2.75, 3.05) is 18.5 Å². The van der Waals surface area contributed by atoms with Crippen LogP contribution in [0.2, 0.25) is 0 Å². The highest BCUT2D eigenvalue weighted by molar-refractivity contribution is 5.97. The van der Waals surface area contributed by atoms with Gasteiger partial charge in [-0.25, -0.2) is 0 Å². The molecule has 7 heteroatoms. The summed E-state index contributed by atoms with van der Waals surface area (Å²) in [5, 5.41) is 11.4. The molecule has 0 saturated heterocycles. The lowest BCUT2D eigenvalue weighted by Gasteiger charge is -2.03. The molecule has 7 nitrogen and oxygen atoms in total. The van der Waals surface area contributed by atoms with Crippen LogP contribution in [0.5, 0.6) is 5.75 Å². The number of carbonyl (C=O) groups is 2.